The smallest absolute Gasteiger partial charge is 0.486 e. The fourth-order valence-corrected chi connectivity index (χ4v) is 11.0. The Labute approximate surface area is 402 Å². The number of nitrogens with one attached hydrogen (secondary N) is 2. The molecule has 68 heavy (non-hydrogen) atoms. The molecule has 356 valence electrons. The zero-order valence-electron chi connectivity index (χ0n) is 38.9. The number of halogens is 1. The summed E-state index contributed by atoms with van der Waals surface area (Å²) in [5.41, 5.74) is 15.3. The maximum atomic E-state index is 8.84. The molecule has 2 saturated heterocycles. The van der Waals surface area contributed by atoms with Crippen LogP contribution in [-0.2, 0) is 30.6 Å². The van der Waals surface area contributed by atoms with Gasteiger partial charge < -0.3 is 40.5 Å². The first-order valence-corrected chi connectivity index (χ1v) is 23.5. The fraction of sp³-hybridized carbons (Fsp3) is 0.417. The van der Waals surface area contributed by atoms with E-state index in [9.17, 15) is 0 Å². The van der Waals surface area contributed by atoms with Gasteiger partial charge in [-0.2, -0.15) is 10.2 Å². The van der Waals surface area contributed by atoms with Crippen molar-refractivity contribution in [1.29, 1.82) is 0 Å². The summed E-state index contributed by atoms with van der Waals surface area (Å²) in [4.78, 5) is 22.0. The lowest BCUT2D eigenvalue weighted by Gasteiger charge is -2.50. The number of hydrogen-bond donors (Lipinski definition) is 6. The van der Waals surface area contributed by atoms with E-state index in [0.29, 0.717) is 43.4 Å². The van der Waals surface area contributed by atoms with Crippen LogP contribution < -0.4 is 26.4 Å². The second-order valence-corrected chi connectivity index (χ2v) is 20.7. The number of nitrogens with zero attached hydrogens (tertiary/aromatic N) is 6. The third-order valence-corrected chi connectivity index (χ3v) is 14.0. The molecule has 2 fully saturated rings. The molecule has 4 spiro atoms. The van der Waals surface area contributed by atoms with Gasteiger partial charge in [0.2, 0.25) is 23.4 Å². The molecule has 4 aromatic carbocycles. The Bertz CT molecular complexity index is 2960. The van der Waals surface area contributed by atoms with Crippen LogP contribution in [0.25, 0.3) is 32.9 Å². The van der Waals surface area contributed by atoms with E-state index in [4.69, 9.17) is 60.1 Å². The Balaban J connectivity index is 0.000000131. The molecule has 4 atom stereocenters. The van der Waals surface area contributed by atoms with E-state index in [1.165, 1.54) is 5.06 Å². The van der Waals surface area contributed by atoms with Crippen molar-refractivity contribution >= 4 is 62.2 Å². The number of benzene rings is 4. The summed E-state index contributed by atoms with van der Waals surface area (Å²) in [5.74, 6) is 2.33. The quantitative estimate of drug-likeness (QED) is 0.112. The Morgan fingerprint density at radius 1 is 0.632 bits per heavy atom. The molecule has 0 saturated carbocycles. The molecule has 6 aliphatic rings. The highest BCUT2D eigenvalue weighted by molar-refractivity contribution is 9.10. The van der Waals surface area contributed by atoms with E-state index in [-0.39, 0.29) is 16.8 Å². The van der Waals surface area contributed by atoms with Gasteiger partial charge in [0, 0.05) is 67.9 Å². The number of ether oxygens (including phenoxy) is 4. The van der Waals surface area contributed by atoms with Crippen LogP contribution in [0.1, 0.15) is 77.3 Å². The third kappa shape index (κ3) is 8.67. The monoisotopic (exact) mass is 990 g/mol. The van der Waals surface area contributed by atoms with Crippen LogP contribution in [0.4, 0.5) is 0 Å². The molecule has 0 aliphatic carbocycles. The van der Waals surface area contributed by atoms with Crippen molar-refractivity contribution in [2.45, 2.75) is 100 Å². The second-order valence-electron chi connectivity index (χ2n) is 19.8. The van der Waals surface area contributed by atoms with Crippen LogP contribution in [-0.4, -0.2) is 109 Å². The van der Waals surface area contributed by atoms with Gasteiger partial charge in [0.15, 0.2) is 0 Å². The molecule has 6 aromatic rings. The Hall–Kier alpha value is -5.74. The predicted octanol–water partition coefficient (Wildman–Crippen LogP) is 5.83. The van der Waals surface area contributed by atoms with Gasteiger partial charge in [0.1, 0.15) is 22.7 Å². The Morgan fingerprint density at radius 2 is 1.12 bits per heavy atom. The van der Waals surface area contributed by atoms with Gasteiger partial charge in [-0.05, 0) is 86.7 Å². The number of rotatable bonds is 2. The molecular weight excluding hydrogens is 935 g/mol. The SMILES string of the molecule is CN1OC2(CC3(CCOC(C)(C)C3)Oc3ccc(-c4ccc5cn[nH]c5c4)cc32)N=C1N.CN1OC2(CC3(CCOC(C)(C)C3)Oc3ccc(Br)cc32)N=C1N.OB(O)c1ccc2cn[nH]c2c1. The summed E-state index contributed by atoms with van der Waals surface area (Å²) in [7, 11) is 2.15. The summed E-state index contributed by atoms with van der Waals surface area (Å²) in [6.45, 7) is 9.70. The van der Waals surface area contributed by atoms with Crippen LogP contribution in [0, 0.1) is 0 Å². The van der Waals surface area contributed by atoms with Crippen molar-refractivity contribution < 1.29 is 38.7 Å². The summed E-state index contributed by atoms with van der Waals surface area (Å²) in [6.07, 6.45) is 7.80. The molecule has 8 N–H and O–H groups in total. The summed E-state index contributed by atoms with van der Waals surface area (Å²) >= 11 is 3.53. The van der Waals surface area contributed by atoms with E-state index < -0.39 is 24.2 Å². The van der Waals surface area contributed by atoms with Crippen LogP contribution in [0.2, 0.25) is 0 Å². The summed E-state index contributed by atoms with van der Waals surface area (Å²) in [5, 5.41) is 36.5. The molecule has 0 amide bonds. The molecule has 4 unspecified atom stereocenters. The first-order valence-electron chi connectivity index (χ1n) is 22.7. The van der Waals surface area contributed by atoms with Gasteiger partial charge in [-0.15, -0.1) is 0 Å². The van der Waals surface area contributed by atoms with E-state index in [1.54, 1.807) is 43.6 Å². The summed E-state index contributed by atoms with van der Waals surface area (Å²) in [6, 6.07) is 23.5. The average molecular weight is 992 g/mol. The molecule has 8 heterocycles. The van der Waals surface area contributed by atoms with Gasteiger partial charge in [0.25, 0.3) is 0 Å². The van der Waals surface area contributed by atoms with Crippen LogP contribution in [0.5, 0.6) is 11.5 Å². The highest BCUT2D eigenvalue weighted by Crippen LogP contribution is 2.56. The molecular formula is C48H56BBrN10O8. The zero-order valence-corrected chi connectivity index (χ0v) is 40.5. The van der Waals surface area contributed by atoms with Crippen molar-refractivity contribution in [3.05, 3.63) is 101 Å². The lowest BCUT2D eigenvalue weighted by molar-refractivity contribution is -0.225. The van der Waals surface area contributed by atoms with E-state index in [0.717, 1.165) is 85.7 Å². The van der Waals surface area contributed by atoms with Crippen molar-refractivity contribution in [2.75, 3.05) is 27.3 Å². The highest BCUT2D eigenvalue weighted by Gasteiger charge is 2.58. The van der Waals surface area contributed by atoms with Crippen LogP contribution >= 0.6 is 15.9 Å². The van der Waals surface area contributed by atoms with Crippen LogP contribution in [0.3, 0.4) is 0 Å². The van der Waals surface area contributed by atoms with Crippen molar-refractivity contribution in [3.8, 4) is 22.6 Å². The largest absolute Gasteiger partial charge is 0.488 e. The number of fused-ring (bicyclic) bond motifs is 6. The first kappa shape index (κ1) is 46.0. The third-order valence-electron chi connectivity index (χ3n) is 13.5. The lowest BCUT2D eigenvalue weighted by Crippen LogP contribution is -2.55. The zero-order chi connectivity index (χ0) is 47.9. The number of aromatic nitrogens is 4. The number of hydrogen-bond acceptors (Lipinski definition) is 16. The molecule has 0 bridgehead atoms. The molecule has 12 rings (SSSR count). The van der Waals surface area contributed by atoms with Gasteiger partial charge in [0.05, 0.1) is 59.0 Å². The number of aliphatic imine (C=N–C) groups is 2. The topological polar surface area (TPSA) is 236 Å². The fourth-order valence-electron chi connectivity index (χ4n) is 10.6. The molecule has 20 heteroatoms. The van der Waals surface area contributed by atoms with Gasteiger partial charge in [-0.1, -0.05) is 46.3 Å². The number of nitrogens with two attached hydrogens (primary N) is 2. The number of hydroxylamine groups is 4. The normalized spacial score (nSPS) is 27.4. The lowest BCUT2D eigenvalue weighted by atomic mass is 9.75. The second kappa shape index (κ2) is 16.7. The van der Waals surface area contributed by atoms with Crippen molar-refractivity contribution in [2.24, 2.45) is 21.5 Å². The number of guanidine groups is 2. The number of aromatic amines is 2. The van der Waals surface area contributed by atoms with Gasteiger partial charge in [-0.25, -0.2) is 29.8 Å². The maximum Gasteiger partial charge on any atom is 0.488 e. The molecule has 0 radical (unpaired) electrons. The highest BCUT2D eigenvalue weighted by atomic mass is 79.9. The molecule has 18 nitrogen and oxygen atoms in total. The number of H-pyrrole nitrogens is 2. The van der Waals surface area contributed by atoms with Gasteiger partial charge in [-0.3, -0.25) is 10.2 Å². The van der Waals surface area contributed by atoms with Crippen LogP contribution in [0.15, 0.2) is 99.6 Å². The summed E-state index contributed by atoms with van der Waals surface area (Å²) < 4.78 is 26.0. The van der Waals surface area contributed by atoms with E-state index in [2.05, 4.69) is 94.4 Å². The average Bonchev–Trinajstić information content (AvgIpc) is 4.06. The minimum Gasteiger partial charge on any atom is -0.486 e. The predicted molar refractivity (Wildman–Crippen MR) is 260 cm³/mol. The first-order chi connectivity index (χ1) is 32.3. The van der Waals surface area contributed by atoms with Gasteiger partial charge >= 0.3 is 7.12 Å². The minimum atomic E-state index is -1.42. The molecule has 6 aliphatic heterocycles. The maximum absolute atomic E-state index is 8.84. The van der Waals surface area contributed by atoms with E-state index in [1.807, 2.05) is 30.5 Å². The Morgan fingerprint density at radius 3 is 1.63 bits per heavy atom. The standard InChI is InChI=1S/C24H27N5O3.C17H22BrN3O3.C7H7BN2O2/c1-22(2)13-23(8-9-30-22)14-24(27-21(25)29(3)32-24)18-10-15(6-7-20(18)31-23)16-4-5-17-12-26-28-19(17)11-16;1-15(2)9-16(6-7-22-15)10-17(20-14(19)21(3)24-17)12-8-11(18)4-5-13(12)23-16;11-8(12)6-2-1-5-4-9-10-7(5)3-6/h4-7,10-12H,8-9,13-14H2,1-3H3,(H2,25,27)(H,26,28);4-5,8H,6-7,9-10H2,1-3H3,(H2,19,20);1-4,11-12H,(H,9,10). The van der Waals surface area contributed by atoms with Crippen molar-refractivity contribution in [3.63, 3.8) is 0 Å². The molecule has 2 aromatic heterocycles. The minimum absolute atomic E-state index is 0.244. The Kier molecular flexibility index (Phi) is 11.3. The van der Waals surface area contributed by atoms with E-state index >= 15 is 0 Å². The van der Waals surface area contributed by atoms with Crippen molar-refractivity contribution in [1.82, 2.24) is 30.5 Å².